The Balaban J connectivity index is 2.78. The van der Waals surface area contributed by atoms with Crippen LogP contribution in [0.4, 0.5) is 18.0 Å². The molecule has 1 aromatic carbocycles. The van der Waals surface area contributed by atoms with Crippen LogP contribution in [0.1, 0.15) is 48.7 Å². The van der Waals surface area contributed by atoms with Crippen LogP contribution in [0.5, 0.6) is 0 Å². The number of rotatable bonds is 3. The van der Waals surface area contributed by atoms with E-state index in [2.05, 4.69) is 17.2 Å². The van der Waals surface area contributed by atoms with Crippen molar-refractivity contribution in [2.24, 2.45) is 0 Å². The predicted octanol–water partition coefficient (Wildman–Crippen LogP) is 3.67. The van der Waals surface area contributed by atoms with E-state index in [1.54, 1.807) is 20.8 Å². The van der Waals surface area contributed by atoms with Gasteiger partial charge in [0.25, 0.3) is 0 Å². The van der Waals surface area contributed by atoms with E-state index in [1.807, 2.05) is 0 Å². The molecule has 0 spiro atoms. The molecule has 0 aliphatic heterocycles. The lowest BCUT2D eigenvalue weighted by molar-refractivity contribution is -0.137. The monoisotopic (exact) mass is 357 g/mol. The second-order valence-corrected chi connectivity index (χ2v) is 6.04. The molecule has 136 valence electrons. The van der Waals surface area contributed by atoms with Gasteiger partial charge in [0.05, 0.1) is 11.1 Å². The van der Waals surface area contributed by atoms with E-state index in [-0.39, 0.29) is 24.1 Å². The Morgan fingerprint density at radius 1 is 1.24 bits per heavy atom. The zero-order chi connectivity index (χ0) is 19.3. The minimum atomic E-state index is -4.59. The fourth-order valence-electron chi connectivity index (χ4n) is 1.71. The number of nitrogens with one attached hydrogen (secondary N) is 1. The van der Waals surface area contributed by atoms with Crippen LogP contribution in [-0.2, 0) is 10.9 Å². The third-order valence-electron chi connectivity index (χ3n) is 2.72. The molecule has 0 aromatic heterocycles. The molecule has 0 saturated heterocycles. The third-order valence-corrected chi connectivity index (χ3v) is 2.72. The molecule has 0 aliphatic rings. The van der Waals surface area contributed by atoms with E-state index in [0.29, 0.717) is 12.1 Å². The Morgan fingerprint density at radius 3 is 2.40 bits per heavy atom. The van der Waals surface area contributed by atoms with Gasteiger partial charge in [0.2, 0.25) is 0 Å². The minimum Gasteiger partial charge on any atom is -0.478 e. The molecule has 0 bridgehead atoms. The Kier molecular flexibility index (Phi) is 6.45. The van der Waals surface area contributed by atoms with E-state index in [1.165, 1.54) is 0 Å². The summed E-state index contributed by atoms with van der Waals surface area (Å²) in [5.41, 5.74) is -2.18. The fraction of sp³-hybridized carbons (Fsp3) is 0.412. The summed E-state index contributed by atoms with van der Waals surface area (Å²) in [6, 6.07) is 2.25. The SMILES string of the molecule is CC(C)(C)OC(=O)NCCC#Cc1cc(C(F)(F)F)ccc1C(=O)O. The summed E-state index contributed by atoms with van der Waals surface area (Å²) >= 11 is 0. The smallest absolute Gasteiger partial charge is 0.416 e. The number of alkyl carbamates (subject to hydrolysis) is 1. The maximum absolute atomic E-state index is 12.7. The van der Waals surface area contributed by atoms with Gasteiger partial charge in [0, 0.05) is 18.5 Å². The summed E-state index contributed by atoms with van der Waals surface area (Å²) < 4.78 is 43.1. The van der Waals surface area contributed by atoms with E-state index in [4.69, 9.17) is 9.84 Å². The van der Waals surface area contributed by atoms with Crippen molar-refractivity contribution in [1.29, 1.82) is 0 Å². The Morgan fingerprint density at radius 2 is 1.88 bits per heavy atom. The Hall–Kier alpha value is -2.69. The number of carboxylic acid groups (broad SMARTS) is 1. The highest BCUT2D eigenvalue weighted by molar-refractivity contribution is 5.90. The molecule has 1 aromatic rings. The van der Waals surface area contributed by atoms with Crippen molar-refractivity contribution in [3.8, 4) is 11.8 Å². The second-order valence-electron chi connectivity index (χ2n) is 6.04. The number of hydrogen-bond acceptors (Lipinski definition) is 3. The van der Waals surface area contributed by atoms with Gasteiger partial charge < -0.3 is 15.2 Å². The lowest BCUT2D eigenvalue weighted by Crippen LogP contribution is -2.32. The third kappa shape index (κ3) is 7.16. The molecule has 8 heteroatoms. The molecule has 2 N–H and O–H groups in total. The highest BCUT2D eigenvalue weighted by Gasteiger charge is 2.31. The molecule has 0 fully saturated rings. The highest BCUT2D eigenvalue weighted by atomic mass is 19.4. The molecular formula is C17H18F3NO4. The zero-order valence-electron chi connectivity index (χ0n) is 14.0. The summed E-state index contributed by atoms with van der Waals surface area (Å²) in [5.74, 6) is 3.58. The summed E-state index contributed by atoms with van der Waals surface area (Å²) in [6.45, 7) is 5.22. The number of carbonyl (C=O) groups excluding carboxylic acids is 1. The van der Waals surface area contributed by atoms with Crippen molar-refractivity contribution >= 4 is 12.1 Å². The molecule has 1 rings (SSSR count). The molecule has 0 unspecified atom stereocenters. The van der Waals surface area contributed by atoms with Crippen LogP contribution in [0.25, 0.3) is 0 Å². The number of benzene rings is 1. The van der Waals surface area contributed by atoms with Gasteiger partial charge >= 0.3 is 18.2 Å². The molecule has 0 radical (unpaired) electrons. The first-order chi connectivity index (χ1) is 11.4. The number of aromatic carboxylic acids is 1. The number of alkyl halides is 3. The normalized spacial score (nSPS) is 11.3. The van der Waals surface area contributed by atoms with Crippen LogP contribution in [0.3, 0.4) is 0 Å². The lowest BCUT2D eigenvalue weighted by Gasteiger charge is -2.19. The Labute approximate surface area is 143 Å². The number of carbonyl (C=O) groups is 2. The summed E-state index contributed by atoms with van der Waals surface area (Å²) in [4.78, 5) is 22.5. The van der Waals surface area contributed by atoms with E-state index in [9.17, 15) is 22.8 Å². The van der Waals surface area contributed by atoms with Gasteiger partial charge in [0.1, 0.15) is 5.60 Å². The van der Waals surface area contributed by atoms with Gasteiger partial charge in [-0.2, -0.15) is 13.2 Å². The largest absolute Gasteiger partial charge is 0.478 e. The first kappa shape index (κ1) is 20.4. The molecule has 0 aliphatic carbocycles. The van der Waals surface area contributed by atoms with Gasteiger partial charge in [-0.1, -0.05) is 11.8 Å². The van der Waals surface area contributed by atoms with Crippen molar-refractivity contribution in [1.82, 2.24) is 5.32 Å². The Bertz CT molecular complexity index is 709. The first-order valence-corrected chi connectivity index (χ1v) is 7.30. The van der Waals surface area contributed by atoms with Crippen molar-refractivity contribution in [3.05, 3.63) is 34.9 Å². The molecule has 1 amide bonds. The average Bonchev–Trinajstić information content (AvgIpc) is 2.43. The van der Waals surface area contributed by atoms with Crippen LogP contribution in [0.15, 0.2) is 18.2 Å². The lowest BCUT2D eigenvalue weighted by atomic mass is 10.0. The summed E-state index contributed by atoms with van der Waals surface area (Å²) in [6.07, 6.45) is -5.11. The topological polar surface area (TPSA) is 75.6 Å². The highest BCUT2D eigenvalue weighted by Crippen LogP contribution is 2.30. The van der Waals surface area contributed by atoms with Crippen molar-refractivity contribution in [2.75, 3.05) is 6.54 Å². The van der Waals surface area contributed by atoms with Crippen LogP contribution in [0.2, 0.25) is 0 Å². The van der Waals surface area contributed by atoms with Crippen LogP contribution in [0, 0.1) is 11.8 Å². The predicted molar refractivity (Wildman–Crippen MR) is 84.1 cm³/mol. The first-order valence-electron chi connectivity index (χ1n) is 7.30. The van der Waals surface area contributed by atoms with Gasteiger partial charge in [-0.25, -0.2) is 9.59 Å². The quantitative estimate of drug-likeness (QED) is 0.639. The maximum atomic E-state index is 12.7. The van der Waals surface area contributed by atoms with E-state index >= 15 is 0 Å². The minimum absolute atomic E-state index is 0.114. The zero-order valence-corrected chi connectivity index (χ0v) is 14.0. The number of ether oxygens (including phenoxy) is 1. The second kappa shape index (κ2) is 7.92. The molecule has 0 saturated carbocycles. The van der Waals surface area contributed by atoms with Gasteiger partial charge in [-0.05, 0) is 39.0 Å². The van der Waals surface area contributed by atoms with Gasteiger partial charge in [-0.3, -0.25) is 0 Å². The number of amides is 1. The van der Waals surface area contributed by atoms with Gasteiger partial charge in [0.15, 0.2) is 0 Å². The molecule has 0 heterocycles. The van der Waals surface area contributed by atoms with Crippen molar-refractivity contribution in [2.45, 2.75) is 39.0 Å². The summed E-state index contributed by atoms with van der Waals surface area (Å²) in [7, 11) is 0. The van der Waals surface area contributed by atoms with Gasteiger partial charge in [-0.15, -0.1) is 0 Å². The van der Waals surface area contributed by atoms with Crippen LogP contribution >= 0.6 is 0 Å². The molecular weight excluding hydrogens is 339 g/mol. The van der Waals surface area contributed by atoms with Crippen LogP contribution < -0.4 is 5.32 Å². The summed E-state index contributed by atoms with van der Waals surface area (Å²) in [5, 5.41) is 11.5. The van der Waals surface area contributed by atoms with E-state index in [0.717, 1.165) is 6.07 Å². The number of carboxylic acids is 1. The number of halogens is 3. The molecule has 0 atom stereocenters. The average molecular weight is 357 g/mol. The fourth-order valence-corrected chi connectivity index (χ4v) is 1.71. The molecule has 25 heavy (non-hydrogen) atoms. The van der Waals surface area contributed by atoms with Crippen LogP contribution in [-0.4, -0.2) is 29.3 Å². The number of hydrogen-bond donors (Lipinski definition) is 2. The van der Waals surface area contributed by atoms with Crippen molar-refractivity contribution < 1.29 is 32.6 Å². The maximum Gasteiger partial charge on any atom is 0.416 e. The standard InChI is InChI=1S/C17H18F3NO4/c1-16(2,3)25-15(24)21-9-5-4-6-11-10-12(17(18,19)20)7-8-13(11)14(22)23/h7-8,10H,5,9H2,1-3H3,(H,21,24)(H,22,23). The molecule has 5 nitrogen and oxygen atoms in total. The van der Waals surface area contributed by atoms with Crippen molar-refractivity contribution in [3.63, 3.8) is 0 Å². The van der Waals surface area contributed by atoms with E-state index < -0.39 is 29.4 Å².